The van der Waals surface area contributed by atoms with Gasteiger partial charge in [-0.2, -0.15) is 0 Å². The Balaban J connectivity index is 5.40. The van der Waals surface area contributed by atoms with Gasteiger partial charge in [0, 0.05) is 18.5 Å². The fraction of sp³-hybridized carbons (Fsp3) is 0.833. The van der Waals surface area contributed by atoms with Crippen molar-refractivity contribution in [3.63, 3.8) is 0 Å². The summed E-state index contributed by atoms with van der Waals surface area (Å²) in [5.41, 5.74) is 16.7. The summed E-state index contributed by atoms with van der Waals surface area (Å²) < 4.78 is 0. The van der Waals surface area contributed by atoms with Crippen molar-refractivity contribution in [1.29, 1.82) is 0 Å². The van der Waals surface area contributed by atoms with Crippen molar-refractivity contribution in [2.75, 3.05) is 33.2 Å². The van der Waals surface area contributed by atoms with Crippen LogP contribution in [-0.4, -0.2) is 103 Å². The van der Waals surface area contributed by atoms with Gasteiger partial charge in [-0.15, -0.1) is 0 Å². The molecule has 0 aliphatic rings. The van der Waals surface area contributed by atoms with Gasteiger partial charge in [-0.25, -0.2) is 0 Å². The van der Waals surface area contributed by atoms with Gasteiger partial charge in [0.1, 0.15) is 12.1 Å². The zero-order chi connectivity index (χ0) is 29.3. The number of aliphatic hydroxyl groups is 2. The molecular weight excluding hydrogens is 496 g/mol. The normalized spacial score (nSPS) is 16.8. The second kappa shape index (κ2) is 19.7. The first-order valence-electron chi connectivity index (χ1n) is 13.2. The number of nitrogens with two attached hydrogens (primary N) is 3. The lowest BCUT2D eigenvalue weighted by Gasteiger charge is -2.26. The Morgan fingerprint density at radius 1 is 0.711 bits per heavy atom. The third-order valence-corrected chi connectivity index (χ3v) is 6.05. The summed E-state index contributed by atoms with van der Waals surface area (Å²) in [7, 11) is 1.59. The summed E-state index contributed by atoms with van der Waals surface area (Å²) in [5, 5.41) is 33.3. The third kappa shape index (κ3) is 14.0. The monoisotopic (exact) mass is 546 g/mol. The molecule has 0 bridgehead atoms. The zero-order valence-electron chi connectivity index (χ0n) is 23.2. The molecule has 0 aliphatic carbocycles. The molecule has 0 saturated carbocycles. The summed E-state index contributed by atoms with van der Waals surface area (Å²) in [6.07, 6.45) is -0.486. The van der Waals surface area contributed by atoms with Gasteiger partial charge in [0.25, 0.3) is 0 Å². The topological polar surface area (TPSA) is 247 Å². The van der Waals surface area contributed by atoms with Crippen LogP contribution in [-0.2, 0) is 19.2 Å². The minimum absolute atomic E-state index is 0.0300. The number of aliphatic hydroxyl groups excluding tert-OH is 2. The van der Waals surface area contributed by atoms with Crippen LogP contribution in [0.1, 0.15) is 52.9 Å². The van der Waals surface area contributed by atoms with E-state index in [1.807, 2.05) is 0 Å². The van der Waals surface area contributed by atoms with Crippen LogP contribution in [0, 0.1) is 5.92 Å². The molecule has 0 aromatic heterocycles. The summed E-state index contributed by atoms with van der Waals surface area (Å²) in [6, 6.07) is -3.09. The average molecular weight is 547 g/mol. The molecule has 38 heavy (non-hydrogen) atoms. The van der Waals surface area contributed by atoms with Crippen LogP contribution in [0.5, 0.6) is 0 Å². The number of carbonyl (C=O) groups is 4. The van der Waals surface area contributed by atoms with E-state index in [4.69, 9.17) is 17.2 Å². The molecule has 0 saturated heterocycles. The van der Waals surface area contributed by atoms with Gasteiger partial charge >= 0.3 is 0 Å². The second-order valence-corrected chi connectivity index (χ2v) is 9.63. The van der Waals surface area contributed by atoms with E-state index in [0.29, 0.717) is 25.8 Å². The molecule has 0 aromatic carbocycles. The molecule has 0 aliphatic heterocycles. The van der Waals surface area contributed by atoms with Crippen LogP contribution < -0.4 is 43.8 Å². The van der Waals surface area contributed by atoms with Crippen LogP contribution in [0.3, 0.4) is 0 Å². The highest BCUT2D eigenvalue weighted by Gasteiger charge is 2.30. The molecule has 13 N–H and O–H groups in total. The van der Waals surface area contributed by atoms with Crippen LogP contribution in [0.4, 0.5) is 0 Å². The van der Waals surface area contributed by atoms with Gasteiger partial charge in [0.2, 0.25) is 23.6 Å². The fourth-order valence-corrected chi connectivity index (χ4v) is 3.87. The van der Waals surface area contributed by atoms with Crippen LogP contribution >= 0.6 is 0 Å². The summed E-state index contributed by atoms with van der Waals surface area (Å²) in [5.74, 6) is -2.60. The summed E-state index contributed by atoms with van der Waals surface area (Å²) >= 11 is 0. The van der Waals surface area contributed by atoms with E-state index < -0.39 is 59.9 Å². The van der Waals surface area contributed by atoms with Gasteiger partial charge in [0.05, 0.1) is 18.2 Å². The largest absolute Gasteiger partial charge is 0.393 e. The SMILES string of the molecule is CNC(CCN)C(=O)NC(C(=O)NCC[C@H](NC(=O)[C@H](CCN)CC(C)O)C(=O)NC(C)CCN)C(C)O. The highest BCUT2D eigenvalue weighted by Crippen LogP contribution is 2.12. The maximum atomic E-state index is 12.9. The van der Waals surface area contributed by atoms with Crippen molar-refractivity contribution in [1.82, 2.24) is 26.6 Å². The van der Waals surface area contributed by atoms with E-state index in [1.54, 1.807) is 20.9 Å². The second-order valence-electron chi connectivity index (χ2n) is 9.63. The predicted molar refractivity (Wildman–Crippen MR) is 144 cm³/mol. The van der Waals surface area contributed by atoms with Crippen molar-refractivity contribution >= 4 is 23.6 Å². The predicted octanol–water partition coefficient (Wildman–Crippen LogP) is -3.63. The molecule has 4 amide bonds. The number of hydrogen-bond donors (Lipinski definition) is 10. The van der Waals surface area contributed by atoms with Crippen LogP contribution in [0.2, 0.25) is 0 Å². The first-order chi connectivity index (χ1) is 17.9. The lowest BCUT2D eigenvalue weighted by molar-refractivity contribution is -0.133. The van der Waals surface area contributed by atoms with Gasteiger partial charge < -0.3 is 54.0 Å². The number of likely N-dealkylation sites (N-methyl/N-ethyl adjacent to an activating group) is 1. The molecule has 0 fully saturated rings. The van der Waals surface area contributed by atoms with Crippen molar-refractivity contribution in [3.8, 4) is 0 Å². The number of rotatable bonds is 20. The lowest BCUT2D eigenvalue weighted by Crippen LogP contribution is -2.57. The highest BCUT2D eigenvalue weighted by atomic mass is 16.3. The number of carbonyl (C=O) groups excluding carboxylic acids is 4. The molecule has 14 heteroatoms. The van der Waals surface area contributed by atoms with Gasteiger partial charge in [-0.05, 0) is 79.6 Å². The number of hydrogen-bond acceptors (Lipinski definition) is 10. The fourth-order valence-electron chi connectivity index (χ4n) is 3.87. The lowest BCUT2D eigenvalue weighted by atomic mass is 9.96. The van der Waals surface area contributed by atoms with Gasteiger partial charge in [-0.1, -0.05) is 0 Å². The minimum atomic E-state index is -1.23. The molecule has 7 atom stereocenters. The highest BCUT2D eigenvalue weighted by molar-refractivity contribution is 5.90. The number of amides is 4. The molecule has 5 unspecified atom stereocenters. The van der Waals surface area contributed by atoms with Crippen LogP contribution in [0.15, 0.2) is 0 Å². The van der Waals surface area contributed by atoms with Crippen LogP contribution in [0.25, 0.3) is 0 Å². The average Bonchev–Trinajstić information content (AvgIpc) is 2.84. The van der Waals surface area contributed by atoms with E-state index in [0.717, 1.165) is 0 Å². The first-order valence-corrected chi connectivity index (χ1v) is 13.2. The smallest absolute Gasteiger partial charge is 0.245 e. The Bertz CT molecular complexity index is 724. The molecule has 0 radical (unpaired) electrons. The third-order valence-electron chi connectivity index (χ3n) is 6.05. The Labute approximate surface area is 225 Å². The summed E-state index contributed by atoms with van der Waals surface area (Å²) in [6.45, 7) is 5.55. The Morgan fingerprint density at radius 2 is 1.29 bits per heavy atom. The summed E-state index contributed by atoms with van der Waals surface area (Å²) in [4.78, 5) is 51.1. The van der Waals surface area contributed by atoms with Crippen molar-refractivity contribution in [2.24, 2.45) is 23.1 Å². The molecule has 0 rings (SSSR count). The molecule has 14 nitrogen and oxygen atoms in total. The quantitative estimate of drug-likeness (QED) is 0.0717. The standard InChI is InChI=1S/C24H50N8O6/c1-14(5-9-25)30-23(37)19(31-21(35)17(6-10-26)13-15(2)33)8-12-29-24(38)20(16(3)34)32-22(36)18(28-4)7-11-27/h14-20,28,33-34H,5-13,25-27H2,1-4H3,(H,29,38)(H,30,37)(H,31,35)(H,32,36)/t14?,15?,16?,17-,18?,19+,20?/m1/s1. The number of nitrogens with one attached hydrogen (secondary N) is 5. The van der Waals surface area contributed by atoms with E-state index in [2.05, 4.69) is 26.6 Å². The van der Waals surface area contributed by atoms with E-state index >= 15 is 0 Å². The maximum Gasteiger partial charge on any atom is 0.245 e. The minimum Gasteiger partial charge on any atom is -0.393 e. The van der Waals surface area contributed by atoms with Crippen molar-refractivity contribution < 1.29 is 29.4 Å². The van der Waals surface area contributed by atoms with Crippen molar-refractivity contribution in [2.45, 2.75) is 89.3 Å². The molecule has 0 spiro atoms. The van der Waals surface area contributed by atoms with E-state index in [-0.39, 0.29) is 38.5 Å². The zero-order valence-corrected chi connectivity index (χ0v) is 23.2. The first kappa shape index (κ1) is 35.6. The van der Waals surface area contributed by atoms with Gasteiger partial charge in [-0.3, -0.25) is 19.2 Å². The molecule has 222 valence electrons. The van der Waals surface area contributed by atoms with Gasteiger partial charge in [0.15, 0.2) is 0 Å². The maximum absolute atomic E-state index is 12.9. The Morgan fingerprint density at radius 3 is 1.79 bits per heavy atom. The van der Waals surface area contributed by atoms with E-state index in [9.17, 15) is 29.4 Å². The Hall–Kier alpha value is -2.36. The van der Waals surface area contributed by atoms with Crippen molar-refractivity contribution in [3.05, 3.63) is 0 Å². The molecule has 0 aromatic rings. The molecular formula is C24H50N8O6. The molecule has 0 heterocycles. The van der Waals surface area contributed by atoms with E-state index in [1.165, 1.54) is 6.92 Å². The Kier molecular flexibility index (Phi) is 18.4.